The number of aryl methyl sites for hydroxylation is 1. The Bertz CT molecular complexity index is 668. The molecular weight excluding hydrogens is 256 g/mol. The lowest BCUT2D eigenvalue weighted by atomic mass is 10.1. The maximum Gasteiger partial charge on any atom is 0.270 e. The van der Waals surface area contributed by atoms with Crippen LogP contribution in [0.15, 0.2) is 24.3 Å². The van der Waals surface area contributed by atoms with Crippen LogP contribution in [-0.2, 0) is 0 Å². The molecule has 0 bridgehead atoms. The van der Waals surface area contributed by atoms with Crippen LogP contribution < -0.4 is 5.73 Å². The summed E-state index contributed by atoms with van der Waals surface area (Å²) in [6.07, 6.45) is 0. The van der Waals surface area contributed by atoms with Gasteiger partial charge in [0.2, 0.25) is 0 Å². The number of nitrogens with zero attached hydrogens (tertiary/aromatic N) is 3. The number of rotatable bonds is 3. The Morgan fingerprint density at radius 2 is 1.95 bits per heavy atom. The summed E-state index contributed by atoms with van der Waals surface area (Å²) in [6.45, 7) is 5.87. The maximum atomic E-state index is 10.9. The predicted molar refractivity (Wildman–Crippen MR) is 77.4 cm³/mol. The Balaban J connectivity index is 2.61. The van der Waals surface area contributed by atoms with Crippen molar-refractivity contribution >= 4 is 11.5 Å². The summed E-state index contributed by atoms with van der Waals surface area (Å²) in [7, 11) is 0. The number of nitro groups is 1. The molecule has 0 saturated heterocycles. The zero-order valence-electron chi connectivity index (χ0n) is 11.6. The van der Waals surface area contributed by atoms with Crippen LogP contribution in [-0.4, -0.2) is 14.9 Å². The Morgan fingerprint density at radius 1 is 1.25 bits per heavy atom. The Kier molecular flexibility index (Phi) is 3.65. The minimum Gasteiger partial charge on any atom is -0.384 e. The predicted octanol–water partition coefficient (Wildman–Crippen LogP) is 3.07. The number of aromatic nitrogens is 2. The van der Waals surface area contributed by atoms with Gasteiger partial charge in [-0.15, -0.1) is 0 Å². The number of nitrogens with two attached hydrogens (primary N) is 1. The van der Waals surface area contributed by atoms with E-state index >= 15 is 0 Å². The number of hydrogen-bond acceptors (Lipinski definition) is 5. The van der Waals surface area contributed by atoms with Crippen molar-refractivity contribution in [2.45, 2.75) is 26.7 Å². The lowest BCUT2D eigenvalue weighted by Gasteiger charge is -2.10. The number of nitrogen functional groups attached to an aromatic ring is 1. The molecule has 6 nitrogen and oxygen atoms in total. The van der Waals surface area contributed by atoms with E-state index in [2.05, 4.69) is 9.97 Å². The zero-order valence-corrected chi connectivity index (χ0v) is 11.6. The molecule has 1 aromatic carbocycles. The van der Waals surface area contributed by atoms with Crippen LogP contribution in [0, 0.1) is 17.0 Å². The second kappa shape index (κ2) is 5.24. The van der Waals surface area contributed by atoms with E-state index < -0.39 is 4.92 Å². The van der Waals surface area contributed by atoms with Crippen molar-refractivity contribution in [3.63, 3.8) is 0 Å². The molecule has 0 aliphatic heterocycles. The molecule has 0 spiro atoms. The van der Waals surface area contributed by atoms with Gasteiger partial charge in [-0.1, -0.05) is 19.9 Å². The molecule has 0 aliphatic rings. The fourth-order valence-corrected chi connectivity index (χ4v) is 1.87. The average Bonchev–Trinajstić information content (AvgIpc) is 2.38. The third-order valence-corrected chi connectivity index (χ3v) is 3.03. The highest BCUT2D eigenvalue weighted by molar-refractivity contribution is 5.65. The minimum absolute atomic E-state index is 0.0164. The Labute approximate surface area is 116 Å². The van der Waals surface area contributed by atoms with Gasteiger partial charge in [0.05, 0.1) is 4.92 Å². The lowest BCUT2D eigenvalue weighted by molar-refractivity contribution is -0.384. The molecule has 2 rings (SSSR count). The second-order valence-corrected chi connectivity index (χ2v) is 4.95. The highest BCUT2D eigenvalue weighted by Crippen LogP contribution is 2.27. The van der Waals surface area contributed by atoms with Gasteiger partial charge in [0.15, 0.2) is 5.82 Å². The van der Waals surface area contributed by atoms with Gasteiger partial charge >= 0.3 is 0 Å². The largest absolute Gasteiger partial charge is 0.384 e. The van der Waals surface area contributed by atoms with Crippen LogP contribution in [0.4, 0.5) is 11.5 Å². The summed E-state index contributed by atoms with van der Waals surface area (Å²) in [5.74, 6) is 0.998. The molecule has 1 aromatic heterocycles. The monoisotopic (exact) mass is 272 g/mol. The zero-order chi connectivity index (χ0) is 14.9. The summed E-state index contributed by atoms with van der Waals surface area (Å²) in [4.78, 5) is 19.1. The summed E-state index contributed by atoms with van der Waals surface area (Å²) in [6, 6.07) is 6.36. The molecule has 104 valence electrons. The van der Waals surface area contributed by atoms with E-state index in [0.717, 1.165) is 11.3 Å². The van der Waals surface area contributed by atoms with Gasteiger partial charge < -0.3 is 5.73 Å². The normalized spacial score (nSPS) is 10.8. The van der Waals surface area contributed by atoms with Crippen molar-refractivity contribution in [1.82, 2.24) is 9.97 Å². The number of nitro benzene ring substituents is 1. The second-order valence-electron chi connectivity index (χ2n) is 4.95. The van der Waals surface area contributed by atoms with Crippen LogP contribution in [0.5, 0.6) is 0 Å². The van der Waals surface area contributed by atoms with Gasteiger partial charge in [0, 0.05) is 29.5 Å². The molecule has 0 saturated carbocycles. The fraction of sp³-hybridized carbons (Fsp3) is 0.286. The first-order valence-electron chi connectivity index (χ1n) is 6.28. The molecule has 20 heavy (non-hydrogen) atoms. The van der Waals surface area contributed by atoms with Crippen LogP contribution >= 0.6 is 0 Å². The number of hydrogen-bond donors (Lipinski definition) is 1. The van der Waals surface area contributed by atoms with Crippen molar-refractivity contribution in [3.8, 4) is 11.4 Å². The van der Waals surface area contributed by atoms with Gasteiger partial charge in [-0.2, -0.15) is 0 Å². The van der Waals surface area contributed by atoms with Crippen molar-refractivity contribution < 1.29 is 4.92 Å². The molecule has 0 atom stereocenters. The van der Waals surface area contributed by atoms with Gasteiger partial charge in [-0.05, 0) is 18.4 Å². The summed E-state index contributed by atoms with van der Waals surface area (Å²) < 4.78 is 0. The molecule has 0 radical (unpaired) electrons. The van der Waals surface area contributed by atoms with Crippen molar-refractivity contribution in [2.75, 3.05) is 5.73 Å². The smallest absolute Gasteiger partial charge is 0.270 e. The maximum absolute atomic E-state index is 10.9. The first-order valence-corrected chi connectivity index (χ1v) is 6.28. The standard InChI is InChI=1S/C14H16N4O2/c1-8(2)12-7-13(15)17-14(16-12)11-6-10(18(19)20)5-4-9(11)3/h4-8H,1-3H3,(H2,15,16,17). The first-order chi connectivity index (χ1) is 9.38. The van der Waals surface area contributed by atoms with Crippen LogP contribution in [0.25, 0.3) is 11.4 Å². The highest BCUT2D eigenvalue weighted by atomic mass is 16.6. The Morgan fingerprint density at radius 3 is 2.55 bits per heavy atom. The molecule has 0 unspecified atom stereocenters. The third kappa shape index (κ3) is 2.74. The van der Waals surface area contributed by atoms with Gasteiger partial charge in [-0.3, -0.25) is 10.1 Å². The van der Waals surface area contributed by atoms with Gasteiger partial charge in [0.1, 0.15) is 5.82 Å². The highest BCUT2D eigenvalue weighted by Gasteiger charge is 2.14. The van der Waals surface area contributed by atoms with Gasteiger partial charge in [-0.25, -0.2) is 9.97 Å². The van der Waals surface area contributed by atoms with E-state index in [1.54, 1.807) is 12.1 Å². The van der Waals surface area contributed by atoms with Crippen LogP contribution in [0.2, 0.25) is 0 Å². The van der Waals surface area contributed by atoms with E-state index in [1.807, 2.05) is 20.8 Å². The molecule has 6 heteroatoms. The average molecular weight is 272 g/mol. The molecule has 2 N–H and O–H groups in total. The lowest BCUT2D eigenvalue weighted by Crippen LogP contribution is -2.03. The topological polar surface area (TPSA) is 94.9 Å². The van der Waals surface area contributed by atoms with Crippen LogP contribution in [0.1, 0.15) is 31.0 Å². The molecule has 0 amide bonds. The minimum atomic E-state index is -0.432. The Hall–Kier alpha value is -2.50. The molecule has 1 heterocycles. The third-order valence-electron chi connectivity index (χ3n) is 3.03. The van der Waals surface area contributed by atoms with E-state index in [1.165, 1.54) is 12.1 Å². The SMILES string of the molecule is Cc1ccc([N+](=O)[O-])cc1-c1nc(N)cc(C(C)C)n1. The van der Waals surface area contributed by atoms with E-state index in [9.17, 15) is 10.1 Å². The molecule has 2 aromatic rings. The summed E-state index contributed by atoms with van der Waals surface area (Å²) in [5, 5.41) is 10.9. The molecular formula is C14H16N4O2. The van der Waals surface area contributed by atoms with Crippen LogP contribution in [0.3, 0.4) is 0 Å². The van der Waals surface area contributed by atoms with Gasteiger partial charge in [0.25, 0.3) is 5.69 Å². The number of benzene rings is 1. The fourth-order valence-electron chi connectivity index (χ4n) is 1.87. The quantitative estimate of drug-likeness (QED) is 0.684. The number of anilines is 1. The summed E-state index contributed by atoms with van der Waals surface area (Å²) in [5.41, 5.74) is 8.14. The van der Waals surface area contributed by atoms with Crippen molar-refractivity contribution in [3.05, 3.63) is 45.6 Å². The molecule has 0 fully saturated rings. The van der Waals surface area contributed by atoms with E-state index in [-0.39, 0.29) is 11.6 Å². The molecule has 0 aliphatic carbocycles. The van der Waals surface area contributed by atoms with Crippen molar-refractivity contribution in [1.29, 1.82) is 0 Å². The summed E-state index contributed by atoms with van der Waals surface area (Å²) >= 11 is 0. The first kappa shape index (κ1) is 13.9. The number of non-ortho nitro benzene ring substituents is 1. The van der Waals surface area contributed by atoms with Crippen molar-refractivity contribution in [2.24, 2.45) is 0 Å². The van der Waals surface area contributed by atoms with E-state index in [0.29, 0.717) is 17.2 Å². The van der Waals surface area contributed by atoms with E-state index in [4.69, 9.17) is 5.73 Å².